The van der Waals surface area contributed by atoms with Crippen LogP contribution < -0.4 is 5.32 Å². The van der Waals surface area contributed by atoms with Crippen LogP contribution in [0.1, 0.15) is 12.8 Å². The first-order valence-corrected chi connectivity index (χ1v) is 7.72. The lowest BCUT2D eigenvalue weighted by molar-refractivity contribution is 0.527. The van der Waals surface area contributed by atoms with Gasteiger partial charge in [-0.05, 0) is 37.9 Å². The molecule has 94 valence electrons. The fraction of sp³-hybridized carbons (Fsp3) is 0.500. The van der Waals surface area contributed by atoms with Crippen molar-refractivity contribution >= 4 is 21.4 Å². The first-order valence-electron chi connectivity index (χ1n) is 5.69. The van der Waals surface area contributed by atoms with Crippen LogP contribution in [-0.4, -0.2) is 27.3 Å². The van der Waals surface area contributed by atoms with Crippen LogP contribution in [0.3, 0.4) is 0 Å². The highest BCUT2D eigenvalue weighted by atomic mass is 35.5. The molecule has 1 fully saturated rings. The molecule has 1 atom stereocenters. The molecule has 1 aliphatic rings. The quantitative estimate of drug-likeness (QED) is 0.894. The highest BCUT2D eigenvalue weighted by molar-refractivity contribution is 7.91. The van der Waals surface area contributed by atoms with Gasteiger partial charge in [0, 0.05) is 6.04 Å². The summed E-state index contributed by atoms with van der Waals surface area (Å²) in [5.41, 5.74) is 0. The third-order valence-electron chi connectivity index (χ3n) is 3.13. The number of benzene rings is 1. The molecular weight excluding hydrogens is 258 g/mol. The van der Waals surface area contributed by atoms with Gasteiger partial charge in [0.15, 0.2) is 9.84 Å². The zero-order valence-electron chi connectivity index (χ0n) is 9.69. The number of hydrogen-bond acceptors (Lipinski definition) is 3. The van der Waals surface area contributed by atoms with Crippen molar-refractivity contribution in [3.63, 3.8) is 0 Å². The second kappa shape index (κ2) is 4.96. The van der Waals surface area contributed by atoms with Crippen molar-refractivity contribution in [1.82, 2.24) is 5.32 Å². The Bertz CT molecular complexity index is 497. The van der Waals surface area contributed by atoms with Crippen LogP contribution in [0, 0.1) is 5.92 Å². The van der Waals surface area contributed by atoms with E-state index < -0.39 is 9.84 Å². The van der Waals surface area contributed by atoms with Crippen molar-refractivity contribution in [3.05, 3.63) is 29.3 Å². The van der Waals surface area contributed by atoms with Gasteiger partial charge in [-0.3, -0.25) is 0 Å². The molecule has 2 rings (SSSR count). The van der Waals surface area contributed by atoms with Gasteiger partial charge in [-0.2, -0.15) is 0 Å². The molecule has 1 aromatic carbocycles. The van der Waals surface area contributed by atoms with Gasteiger partial charge >= 0.3 is 0 Å². The molecule has 1 aromatic rings. The summed E-state index contributed by atoms with van der Waals surface area (Å²) in [4.78, 5) is 0.238. The Kier molecular flexibility index (Phi) is 3.76. The fourth-order valence-corrected chi connectivity index (χ4v) is 4.21. The van der Waals surface area contributed by atoms with Gasteiger partial charge in [-0.1, -0.05) is 23.7 Å². The molecule has 1 saturated carbocycles. The van der Waals surface area contributed by atoms with Crippen molar-refractivity contribution in [2.75, 3.05) is 12.8 Å². The number of halogens is 1. The number of sulfone groups is 1. The van der Waals surface area contributed by atoms with E-state index >= 15 is 0 Å². The van der Waals surface area contributed by atoms with Crippen molar-refractivity contribution in [1.29, 1.82) is 0 Å². The highest BCUT2D eigenvalue weighted by Gasteiger charge is 2.34. The minimum Gasteiger partial charge on any atom is -0.316 e. The summed E-state index contributed by atoms with van der Waals surface area (Å²) < 4.78 is 24.5. The van der Waals surface area contributed by atoms with Crippen molar-refractivity contribution in [2.24, 2.45) is 5.92 Å². The molecule has 0 aliphatic heterocycles. The van der Waals surface area contributed by atoms with Gasteiger partial charge in [-0.15, -0.1) is 0 Å². The van der Waals surface area contributed by atoms with E-state index in [1.165, 1.54) is 0 Å². The van der Waals surface area contributed by atoms with Gasteiger partial charge in [0.1, 0.15) is 0 Å². The van der Waals surface area contributed by atoms with E-state index in [0.29, 0.717) is 10.9 Å². The highest BCUT2D eigenvalue weighted by Crippen LogP contribution is 2.34. The van der Waals surface area contributed by atoms with E-state index in [1.54, 1.807) is 24.3 Å². The summed E-state index contributed by atoms with van der Waals surface area (Å²) in [6.45, 7) is 0. The zero-order valence-corrected chi connectivity index (χ0v) is 11.3. The molecule has 17 heavy (non-hydrogen) atoms. The Hall–Kier alpha value is -0.580. The minimum atomic E-state index is -3.30. The van der Waals surface area contributed by atoms with E-state index in [0.717, 1.165) is 12.8 Å². The smallest absolute Gasteiger partial charge is 0.181 e. The summed E-state index contributed by atoms with van der Waals surface area (Å²) in [5.74, 6) is 0.620. The second-order valence-corrected chi connectivity index (χ2v) is 6.85. The van der Waals surface area contributed by atoms with Gasteiger partial charge in [0.2, 0.25) is 0 Å². The monoisotopic (exact) mass is 273 g/mol. The van der Waals surface area contributed by atoms with Crippen LogP contribution >= 0.6 is 11.6 Å². The standard InChI is InChI=1S/C12H16ClNO2S/c1-14-11(9-6-7-9)8-17(15,16)12-5-3-2-4-10(12)13/h2-5,9,11,14H,6-8H2,1H3. The SMILES string of the molecule is CNC(CS(=O)(=O)c1ccccc1Cl)C1CC1. The van der Waals surface area contributed by atoms with Gasteiger partial charge in [-0.25, -0.2) is 8.42 Å². The summed E-state index contributed by atoms with van der Waals surface area (Å²) >= 11 is 5.93. The Morgan fingerprint density at radius 2 is 2.06 bits per heavy atom. The lowest BCUT2D eigenvalue weighted by atomic mass is 10.2. The molecule has 0 amide bonds. The topological polar surface area (TPSA) is 46.2 Å². The van der Waals surface area contributed by atoms with Gasteiger partial charge in [0.05, 0.1) is 15.7 Å². The second-order valence-electron chi connectivity index (χ2n) is 4.44. The number of nitrogens with one attached hydrogen (secondary N) is 1. The largest absolute Gasteiger partial charge is 0.316 e. The average Bonchev–Trinajstić information content (AvgIpc) is 3.10. The van der Waals surface area contributed by atoms with E-state index in [1.807, 2.05) is 7.05 Å². The maximum Gasteiger partial charge on any atom is 0.181 e. The Labute approximate surface area is 107 Å². The lowest BCUT2D eigenvalue weighted by Gasteiger charge is -2.15. The third kappa shape index (κ3) is 3.00. The normalized spacial score (nSPS) is 18.0. The molecule has 1 N–H and O–H groups in total. The lowest BCUT2D eigenvalue weighted by Crippen LogP contribution is -2.35. The predicted octanol–water partition coefficient (Wildman–Crippen LogP) is 2.11. The minimum absolute atomic E-state index is 0.0382. The van der Waals surface area contributed by atoms with Crippen LogP contribution in [0.5, 0.6) is 0 Å². The molecule has 0 bridgehead atoms. The molecule has 1 unspecified atom stereocenters. The van der Waals surface area contributed by atoms with Crippen molar-refractivity contribution in [2.45, 2.75) is 23.8 Å². The van der Waals surface area contributed by atoms with Crippen LogP contribution in [-0.2, 0) is 9.84 Å². The molecule has 0 spiro atoms. The molecule has 5 heteroatoms. The molecule has 3 nitrogen and oxygen atoms in total. The van der Waals surface area contributed by atoms with Crippen molar-refractivity contribution in [3.8, 4) is 0 Å². The molecule has 0 radical (unpaired) electrons. The van der Waals surface area contributed by atoms with Crippen LogP contribution in [0.4, 0.5) is 0 Å². The summed E-state index contributed by atoms with van der Waals surface area (Å²) in [6, 6.07) is 6.65. The number of hydrogen-bond donors (Lipinski definition) is 1. The van der Waals surface area contributed by atoms with Crippen molar-refractivity contribution < 1.29 is 8.42 Å². The van der Waals surface area contributed by atoms with Crippen LogP contribution in [0.25, 0.3) is 0 Å². The third-order valence-corrected chi connectivity index (χ3v) is 5.40. The maximum atomic E-state index is 12.2. The first-order chi connectivity index (χ1) is 8.04. The van der Waals surface area contributed by atoms with Crippen LogP contribution in [0.2, 0.25) is 5.02 Å². The first kappa shape index (κ1) is 12.9. The number of rotatable bonds is 5. The summed E-state index contributed by atoms with van der Waals surface area (Å²) in [5, 5.41) is 3.39. The fourth-order valence-electron chi connectivity index (χ4n) is 1.98. The Morgan fingerprint density at radius 3 is 2.59 bits per heavy atom. The molecule has 0 saturated heterocycles. The predicted molar refractivity (Wildman–Crippen MR) is 69.1 cm³/mol. The van der Waals surface area contributed by atoms with Crippen LogP contribution in [0.15, 0.2) is 29.2 Å². The summed E-state index contributed by atoms with van der Waals surface area (Å²) in [7, 11) is -1.49. The summed E-state index contributed by atoms with van der Waals surface area (Å²) in [6.07, 6.45) is 2.23. The zero-order chi connectivity index (χ0) is 12.5. The van der Waals surface area contributed by atoms with E-state index in [2.05, 4.69) is 5.32 Å². The van der Waals surface area contributed by atoms with Gasteiger partial charge in [0.25, 0.3) is 0 Å². The van der Waals surface area contributed by atoms with E-state index in [-0.39, 0.29) is 16.7 Å². The maximum absolute atomic E-state index is 12.2. The Balaban J connectivity index is 2.21. The molecular formula is C12H16ClNO2S. The van der Waals surface area contributed by atoms with E-state index in [9.17, 15) is 8.42 Å². The van der Waals surface area contributed by atoms with Gasteiger partial charge < -0.3 is 5.32 Å². The molecule has 1 aliphatic carbocycles. The molecule has 0 heterocycles. The Morgan fingerprint density at radius 1 is 1.41 bits per heavy atom. The van der Waals surface area contributed by atoms with E-state index in [4.69, 9.17) is 11.6 Å². The average molecular weight is 274 g/mol. The molecule has 0 aromatic heterocycles.